The summed E-state index contributed by atoms with van der Waals surface area (Å²) in [6, 6.07) is 31.5. The highest BCUT2D eigenvalue weighted by molar-refractivity contribution is 7.98. The standard InChI is InChI=1S/C28H24S2/c1-2-4-28-26-16-15-25(27(28)3-1)19-29-17-23-11-7-21(8-12-23)5-6-22-9-13-24(14-10-22)18-30-20-26/h1-16H,17-20H2/b6-5-. The third kappa shape index (κ3) is 4.50. The Morgan fingerprint density at radius 2 is 0.867 bits per heavy atom. The first-order valence-corrected chi connectivity index (χ1v) is 12.7. The Kier molecular flexibility index (Phi) is 5.96. The summed E-state index contributed by atoms with van der Waals surface area (Å²) in [6.07, 6.45) is 4.40. The van der Waals surface area contributed by atoms with Crippen molar-refractivity contribution in [2.45, 2.75) is 23.0 Å². The maximum absolute atomic E-state index is 2.34. The average Bonchev–Trinajstić information content (AvgIpc) is 2.80. The van der Waals surface area contributed by atoms with E-state index in [1.807, 2.05) is 23.5 Å². The molecule has 4 aromatic rings. The second-order valence-electron chi connectivity index (χ2n) is 7.73. The normalized spacial score (nSPS) is 15.5. The molecule has 0 spiro atoms. The Hall–Kier alpha value is -2.42. The van der Waals surface area contributed by atoms with Gasteiger partial charge in [0.05, 0.1) is 0 Å². The maximum Gasteiger partial charge on any atom is 0.0194 e. The zero-order valence-electron chi connectivity index (χ0n) is 16.9. The van der Waals surface area contributed by atoms with Crippen LogP contribution in [0.15, 0.2) is 84.9 Å². The maximum atomic E-state index is 2.34. The van der Waals surface area contributed by atoms with Crippen molar-refractivity contribution in [3.63, 3.8) is 0 Å². The second-order valence-corrected chi connectivity index (χ2v) is 9.70. The van der Waals surface area contributed by atoms with Gasteiger partial charge in [0.2, 0.25) is 0 Å². The number of hydrogen-bond acceptors (Lipinski definition) is 2. The molecule has 0 aliphatic carbocycles. The van der Waals surface area contributed by atoms with Crippen LogP contribution in [0.5, 0.6) is 0 Å². The van der Waals surface area contributed by atoms with E-state index in [9.17, 15) is 0 Å². The highest BCUT2D eigenvalue weighted by Gasteiger charge is 2.07. The van der Waals surface area contributed by atoms with Gasteiger partial charge in [-0.05, 0) is 44.2 Å². The van der Waals surface area contributed by atoms with Crippen molar-refractivity contribution in [2.75, 3.05) is 0 Å². The Morgan fingerprint density at radius 3 is 1.30 bits per heavy atom. The van der Waals surface area contributed by atoms with Crippen molar-refractivity contribution < 1.29 is 0 Å². The summed E-state index contributed by atoms with van der Waals surface area (Å²) in [7, 11) is 0. The van der Waals surface area contributed by atoms with Gasteiger partial charge in [-0.2, -0.15) is 23.5 Å². The lowest BCUT2D eigenvalue weighted by Crippen LogP contribution is -1.91. The minimum Gasteiger partial charge on any atom is -0.152 e. The van der Waals surface area contributed by atoms with E-state index in [2.05, 4.69) is 97.1 Å². The van der Waals surface area contributed by atoms with Gasteiger partial charge in [0.15, 0.2) is 0 Å². The largest absolute Gasteiger partial charge is 0.152 e. The van der Waals surface area contributed by atoms with Crippen LogP contribution >= 0.6 is 23.5 Å². The van der Waals surface area contributed by atoms with Gasteiger partial charge < -0.3 is 0 Å². The molecule has 4 aromatic carbocycles. The van der Waals surface area contributed by atoms with Crippen molar-refractivity contribution in [3.8, 4) is 0 Å². The van der Waals surface area contributed by atoms with Crippen molar-refractivity contribution in [3.05, 3.63) is 118 Å². The summed E-state index contributed by atoms with van der Waals surface area (Å²) in [5.74, 6) is 4.16. The predicted molar refractivity (Wildman–Crippen MR) is 136 cm³/mol. The third-order valence-electron chi connectivity index (χ3n) is 5.58. The zero-order chi connectivity index (χ0) is 20.2. The molecule has 8 rings (SSSR count). The number of fused-ring (bicyclic) bond motifs is 2. The fourth-order valence-electron chi connectivity index (χ4n) is 3.88. The summed E-state index contributed by atoms with van der Waals surface area (Å²) in [4.78, 5) is 0. The molecule has 0 saturated heterocycles. The number of rotatable bonds is 0. The van der Waals surface area contributed by atoms with Gasteiger partial charge in [0, 0.05) is 23.0 Å². The second kappa shape index (κ2) is 9.16. The van der Waals surface area contributed by atoms with Gasteiger partial charge in [-0.25, -0.2) is 0 Å². The van der Waals surface area contributed by atoms with E-state index in [0.717, 1.165) is 23.0 Å². The van der Waals surface area contributed by atoms with Crippen LogP contribution in [0.3, 0.4) is 0 Å². The van der Waals surface area contributed by atoms with E-state index in [1.165, 1.54) is 44.2 Å². The smallest absolute Gasteiger partial charge is 0.0194 e. The highest BCUT2D eigenvalue weighted by Crippen LogP contribution is 2.30. The van der Waals surface area contributed by atoms with Crippen molar-refractivity contribution in [1.29, 1.82) is 0 Å². The molecule has 148 valence electrons. The average molecular weight is 425 g/mol. The first-order chi connectivity index (χ1) is 14.8. The molecular formula is C28H24S2. The summed E-state index contributed by atoms with van der Waals surface area (Å²) >= 11 is 3.99. The first-order valence-electron chi connectivity index (χ1n) is 10.4. The van der Waals surface area contributed by atoms with Gasteiger partial charge in [0.25, 0.3) is 0 Å². The quantitative estimate of drug-likeness (QED) is 0.279. The molecule has 0 N–H and O–H groups in total. The van der Waals surface area contributed by atoms with E-state index in [1.54, 1.807) is 0 Å². The van der Waals surface area contributed by atoms with E-state index in [-0.39, 0.29) is 0 Å². The molecule has 4 aliphatic rings. The molecule has 2 heteroatoms. The summed E-state index contributed by atoms with van der Waals surface area (Å²) in [6.45, 7) is 0. The van der Waals surface area contributed by atoms with Crippen LogP contribution in [0.2, 0.25) is 0 Å². The monoisotopic (exact) mass is 424 g/mol. The lowest BCUT2D eigenvalue weighted by molar-refractivity contribution is 1.35. The lowest BCUT2D eigenvalue weighted by Gasteiger charge is -2.12. The molecule has 0 radical (unpaired) electrons. The van der Waals surface area contributed by atoms with E-state index < -0.39 is 0 Å². The van der Waals surface area contributed by atoms with E-state index >= 15 is 0 Å². The van der Waals surface area contributed by atoms with Gasteiger partial charge in [-0.15, -0.1) is 0 Å². The topological polar surface area (TPSA) is 0 Å². The van der Waals surface area contributed by atoms with Crippen LogP contribution in [-0.4, -0.2) is 0 Å². The SMILES string of the molecule is C1=C\c2ccc(cc2)CSCc2ccc(c3ccccc23)CSCc2ccc/1cc2. The molecule has 0 fully saturated rings. The van der Waals surface area contributed by atoms with Crippen LogP contribution in [0.1, 0.15) is 33.4 Å². The Labute approximate surface area is 187 Å². The third-order valence-corrected chi connectivity index (χ3v) is 7.69. The van der Waals surface area contributed by atoms with Crippen LogP contribution < -0.4 is 0 Å². The summed E-state index contributed by atoms with van der Waals surface area (Å²) < 4.78 is 0. The molecule has 0 aromatic heterocycles. The molecule has 4 heterocycles. The molecule has 0 saturated carbocycles. The van der Waals surface area contributed by atoms with Gasteiger partial charge >= 0.3 is 0 Å². The fourth-order valence-corrected chi connectivity index (χ4v) is 5.88. The van der Waals surface area contributed by atoms with Gasteiger partial charge in [0.1, 0.15) is 0 Å². The molecule has 6 bridgehead atoms. The van der Waals surface area contributed by atoms with Crippen LogP contribution in [0, 0.1) is 0 Å². The summed E-state index contributed by atoms with van der Waals surface area (Å²) in [5.41, 5.74) is 8.14. The molecule has 0 nitrogen and oxygen atoms in total. The van der Waals surface area contributed by atoms with Crippen molar-refractivity contribution in [2.24, 2.45) is 0 Å². The van der Waals surface area contributed by atoms with Crippen LogP contribution in [0.25, 0.3) is 22.9 Å². The van der Waals surface area contributed by atoms with Crippen molar-refractivity contribution >= 4 is 46.4 Å². The lowest BCUT2D eigenvalue weighted by atomic mass is 10.0. The molecule has 0 unspecified atom stereocenters. The molecule has 30 heavy (non-hydrogen) atoms. The minimum absolute atomic E-state index is 1.04. The Balaban J connectivity index is 1.49. The molecule has 0 amide bonds. The zero-order valence-corrected chi connectivity index (χ0v) is 18.5. The summed E-state index contributed by atoms with van der Waals surface area (Å²) in [5, 5.41) is 2.81. The first kappa shape index (κ1) is 19.5. The molecular weight excluding hydrogens is 400 g/mol. The molecule has 0 atom stereocenters. The molecule has 4 aliphatic heterocycles. The van der Waals surface area contributed by atoms with Gasteiger partial charge in [-0.1, -0.05) is 97.1 Å². The number of hydrogen-bond donors (Lipinski definition) is 0. The van der Waals surface area contributed by atoms with Crippen LogP contribution in [0.4, 0.5) is 0 Å². The number of benzene rings is 4. The van der Waals surface area contributed by atoms with E-state index in [4.69, 9.17) is 0 Å². The van der Waals surface area contributed by atoms with E-state index in [0.29, 0.717) is 0 Å². The minimum atomic E-state index is 1.04. The van der Waals surface area contributed by atoms with Crippen LogP contribution in [-0.2, 0) is 23.0 Å². The predicted octanol–water partition coefficient (Wildman–Crippen LogP) is 8.19. The highest BCUT2D eigenvalue weighted by atomic mass is 32.2. The Bertz CT molecular complexity index is 1080. The fraction of sp³-hybridized carbons (Fsp3) is 0.143. The van der Waals surface area contributed by atoms with Crippen molar-refractivity contribution in [1.82, 2.24) is 0 Å². The Morgan fingerprint density at radius 1 is 0.433 bits per heavy atom. The van der Waals surface area contributed by atoms with Gasteiger partial charge in [-0.3, -0.25) is 0 Å². The number of thioether (sulfide) groups is 2.